The molecule has 1 unspecified atom stereocenters. The molecule has 2 rings (SSSR count). The van der Waals surface area contributed by atoms with Gasteiger partial charge in [0.15, 0.2) is 0 Å². The van der Waals surface area contributed by atoms with Gasteiger partial charge in [-0.1, -0.05) is 24.3 Å². The van der Waals surface area contributed by atoms with Crippen molar-refractivity contribution in [2.45, 2.75) is 6.17 Å². The van der Waals surface area contributed by atoms with Gasteiger partial charge < -0.3 is 24.6 Å². The number of carbonyl (C=O) groups is 3. The van der Waals surface area contributed by atoms with Crippen molar-refractivity contribution in [1.82, 2.24) is 15.1 Å². The summed E-state index contributed by atoms with van der Waals surface area (Å²) in [5.41, 5.74) is 1.64. The van der Waals surface area contributed by atoms with Crippen molar-refractivity contribution in [3.63, 3.8) is 0 Å². The van der Waals surface area contributed by atoms with E-state index in [-0.39, 0.29) is 11.7 Å². The molecule has 1 aromatic rings. The SMILES string of the molecule is CNC(=O)N(C)C1c2ccccc2C=CN1/C(=C/C(=O)OC)C(=O)OC. The normalized spacial score (nSPS) is 15.8. The summed E-state index contributed by atoms with van der Waals surface area (Å²) in [5, 5.41) is 2.56. The Hall–Kier alpha value is -3.29. The number of nitrogens with zero attached hydrogens (tertiary/aromatic N) is 2. The highest BCUT2D eigenvalue weighted by atomic mass is 16.5. The third-order valence-corrected chi connectivity index (χ3v) is 3.98. The number of methoxy groups -OCH3 is 2. The summed E-state index contributed by atoms with van der Waals surface area (Å²) in [5.74, 6) is -1.44. The Bertz CT molecular complexity index is 772. The summed E-state index contributed by atoms with van der Waals surface area (Å²) >= 11 is 0. The standard InChI is InChI=1S/C18H21N3O5/c1-19-18(24)20(2)16-13-8-6-5-7-12(13)9-10-21(16)14(17(23)26-4)11-15(22)25-3/h5-11,16H,1-4H3,(H,19,24)/b14-11+. The number of rotatable bonds is 4. The second kappa shape index (κ2) is 8.19. The summed E-state index contributed by atoms with van der Waals surface area (Å²) in [6, 6.07) is 7.11. The van der Waals surface area contributed by atoms with Crippen LogP contribution in [0.3, 0.4) is 0 Å². The van der Waals surface area contributed by atoms with Crippen LogP contribution in [0.2, 0.25) is 0 Å². The number of urea groups is 1. The molecule has 8 heteroatoms. The van der Waals surface area contributed by atoms with E-state index >= 15 is 0 Å². The Kier molecular flexibility index (Phi) is 6.00. The maximum Gasteiger partial charge on any atom is 0.355 e. The Morgan fingerprint density at radius 2 is 1.88 bits per heavy atom. The summed E-state index contributed by atoms with van der Waals surface area (Å²) < 4.78 is 9.44. The van der Waals surface area contributed by atoms with Crippen LogP contribution in [-0.2, 0) is 19.1 Å². The van der Waals surface area contributed by atoms with Gasteiger partial charge in [0.1, 0.15) is 11.9 Å². The lowest BCUT2D eigenvalue weighted by Gasteiger charge is -2.40. The molecule has 1 aliphatic heterocycles. The van der Waals surface area contributed by atoms with Crippen molar-refractivity contribution in [2.75, 3.05) is 28.3 Å². The molecule has 1 aromatic carbocycles. The van der Waals surface area contributed by atoms with Gasteiger partial charge in [0.25, 0.3) is 0 Å². The first-order chi connectivity index (χ1) is 12.4. The minimum Gasteiger partial charge on any atom is -0.466 e. The molecule has 8 nitrogen and oxygen atoms in total. The van der Waals surface area contributed by atoms with E-state index in [2.05, 4.69) is 10.1 Å². The van der Waals surface area contributed by atoms with Gasteiger partial charge in [-0.15, -0.1) is 0 Å². The fourth-order valence-electron chi connectivity index (χ4n) is 2.70. The molecule has 0 aliphatic carbocycles. The summed E-state index contributed by atoms with van der Waals surface area (Å²) in [6.07, 6.45) is 3.79. The van der Waals surface area contributed by atoms with E-state index in [0.717, 1.165) is 17.2 Å². The van der Waals surface area contributed by atoms with Gasteiger partial charge in [-0.2, -0.15) is 0 Å². The smallest absolute Gasteiger partial charge is 0.355 e. The van der Waals surface area contributed by atoms with Crippen LogP contribution in [0, 0.1) is 0 Å². The molecule has 1 heterocycles. The lowest BCUT2D eigenvalue weighted by Crippen LogP contribution is -2.46. The highest BCUT2D eigenvalue weighted by Crippen LogP contribution is 2.35. The highest BCUT2D eigenvalue weighted by molar-refractivity contribution is 5.96. The van der Waals surface area contributed by atoms with E-state index < -0.39 is 18.1 Å². The Morgan fingerprint density at radius 3 is 2.50 bits per heavy atom. The molecule has 0 aromatic heterocycles. The molecule has 2 amide bonds. The van der Waals surface area contributed by atoms with Crippen molar-refractivity contribution in [3.05, 3.63) is 53.4 Å². The van der Waals surface area contributed by atoms with Crippen LogP contribution < -0.4 is 5.32 Å². The number of amides is 2. The van der Waals surface area contributed by atoms with Crippen LogP contribution in [0.5, 0.6) is 0 Å². The fourth-order valence-corrected chi connectivity index (χ4v) is 2.70. The topological polar surface area (TPSA) is 88.2 Å². The number of hydrogen-bond donors (Lipinski definition) is 1. The summed E-state index contributed by atoms with van der Waals surface area (Å²) in [7, 11) is 5.54. The maximum absolute atomic E-state index is 12.3. The first-order valence-electron chi connectivity index (χ1n) is 7.82. The number of nitrogens with one attached hydrogen (secondary N) is 1. The van der Waals surface area contributed by atoms with E-state index in [1.165, 1.54) is 31.1 Å². The fraction of sp³-hybridized carbons (Fsp3) is 0.278. The zero-order valence-electron chi connectivity index (χ0n) is 15.1. The third-order valence-electron chi connectivity index (χ3n) is 3.98. The van der Waals surface area contributed by atoms with Crippen LogP contribution in [0.25, 0.3) is 6.08 Å². The minimum atomic E-state index is -0.727. The number of ether oxygens (including phenoxy) is 2. The Balaban J connectivity index is 2.60. The van der Waals surface area contributed by atoms with Gasteiger partial charge >= 0.3 is 18.0 Å². The second-order valence-electron chi connectivity index (χ2n) is 5.44. The lowest BCUT2D eigenvalue weighted by molar-refractivity contribution is -0.140. The van der Waals surface area contributed by atoms with Crippen LogP contribution in [0.15, 0.2) is 42.2 Å². The number of benzene rings is 1. The molecule has 1 aliphatic rings. The van der Waals surface area contributed by atoms with Crippen LogP contribution in [-0.4, -0.2) is 56.1 Å². The van der Waals surface area contributed by atoms with E-state index in [1.807, 2.05) is 24.3 Å². The molecular formula is C18H21N3O5. The van der Waals surface area contributed by atoms with Crippen molar-refractivity contribution in [1.29, 1.82) is 0 Å². The van der Waals surface area contributed by atoms with Gasteiger partial charge in [0, 0.05) is 25.9 Å². The molecule has 0 fully saturated rings. The lowest BCUT2D eigenvalue weighted by atomic mass is 9.99. The van der Waals surface area contributed by atoms with Crippen molar-refractivity contribution in [2.24, 2.45) is 0 Å². The molecule has 138 valence electrons. The average Bonchev–Trinajstić information content (AvgIpc) is 2.69. The van der Waals surface area contributed by atoms with Gasteiger partial charge in [0.05, 0.1) is 20.3 Å². The molecule has 1 N–H and O–H groups in total. The molecule has 0 spiro atoms. The van der Waals surface area contributed by atoms with Crippen LogP contribution in [0.4, 0.5) is 4.79 Å². The quantitative estimate of drug-likeness (QED) is 0.647. The summed E-state index contributed by atoms with van der Waals surface area (Å²) in [4.78, 5) is 39.2. The second-order valence-corrected chi connectivity index (χ2v) is 5.44. The molecule has 0 bridgehead atoms. The summed E-state index contributed by atoms with van der Waals surface area (Å²) in [6.45, 7) is 0. The largest absolute Gasteiger partial charge is 0.466 e. The number of carbonyl (C=O) groups excluding carboxylic acids is 3. The van der Waals surface area contributed by atoms with E-state index in [0.29, 0.717) is 0 Å². The molecule has 26 heavy (non-hydrogen) atoms. The Labute approximate surface area is 151 Å². The monoisotopic (exact) mass is 359 g/mol. The van der Waals surface area contributed by atoms with Crippen LogP contribution in [0.1, 0.15) is 17.3 Å². The van der Waals surface area contributed by atoms with Crippen LogP contribution >= 0.6 is 0 Å². The minimum absolute atomic E-state index is 0.0501. The number of hydrogen-bond acceptors (Lipinski definition) is 6. The average molecular weight is 359 g/mol. The van der Waals surface area contributed by atoms with E-state index in [1.54, 1.807) is 19.3 Å². The van der Waals surface area contributed by atoms with Gasteiger partial charge in [-0.05, 0) is 11.6 Å². The first-order valence-corrected chi connectivity index (χ1v) is 7.82. The van der Waals surface area contributed by atoms with Gasteiger partial charge in [0.2, 0.25) is 0 Å². The number of fused-ring (bicyclic) bond motifs is 1. The zero-order chi connectivity index (χ0) is 19.3. The molecule has 0 radical (unpaired) electrons. The first kappa shape index (κ1) is 19.0. The molecule has 0 saturated heterocycles. The highest BCUT2D eigenvalue weighted by Gasteiger charge is 2.34. The zero-order valence-corrected chi connectivity index (χ0v) is 15.1. The van der Waals surface area contributed by atoms with Crippen molar-refractivity contribution >= 4 is 24.0 Å². The Morgan fingerprint density at radius 1 is 1.19 bits per heavy atom. The molecule has 1 atom stereocenters. The molecule has 0 saturated carbocycles. The van der Waals surface area contributed by atoms with Gasteiger partial charge in [-0.25, -0.2) is 14.4 Å². The van der Waals surface area contributed by atoms with Gasteiger partial charge in [-0.3, -0.25) is 0 Å². The van der Waals surface area contributed by atoms with E-state index in [4.69, 9.17) is 4.74 Å². The third kappa shape index (κ3) is 3.69. The van der Waals surface area contributed by atoms with Crippen molar-refractivity contribution in [3.8, 4) is 0 Å². The van der Waals surface area contributed by atoms with Crippen molar-refractivity contribution < 1.29 is 23.9 Å². The molecular weight excluding hydrogens is 338 g/mol. The predicted octanol–water partition coefficient (Wildman–Crippen LogP) is 1.47. The van der Waals surface area contributed by atoms with E-state index in [9.17, 15) is 14.4 Å². The number of esters is 2. The maximum atomic E-state index is 12.3. The predicted molar refractivity (Wildman–Crippen MR) is 94.4 cm³/mol.